The number of imide groups is 1. The fourth-order valence-electron chi connectivity index (χ4n) is 3.36. The molecule has 0 bridgehead atoms. The summed E-state index contributed by atoms with van der Waals surface area (Å²) in [4.78, 5) is 42.4. The minimum Gasteiger partial charge on any atom is -0.444 e. The van der Waals surface area contributed by atoms with Crippen LogP contribution in [0, 0.1) is 0 Å². The monoisotopic (exact) mass is 471 g/mol. The molecule has 3 rings (SSSR count). The number of benzene rings is 1. The summed E-state index contributed by atoms with van der Waals surface area (Å²) in [7, 11) is 0. The Kier molecular flexibility index (Phi) is 6.03. The summed E-state index contributed by atoms with van der Waals surface area (Å²) in [6.45, 7) is 7.39. The van der Waals surface area contributed by atoms with E-state index in [1.165, 1.54) is 4.90 Å². The number of carbonyl (C=O) groups excluding carboxylic acids is 3. The van der Waals surface area contributed by atoms with Crippen molar-refractivity contribution in [2.75, 3.05) is 31.1 Å². The van der Waals surface area contributed by atoms with Gasteiger partial charge in [-0.05, 0) is 39.0 Å². The lowest BCUT2D eigenvalue weighted by Crippen LogP contribution is -2.54. The first-order valence-corrected chi connectivity index (χ1v) is 10.3. The third-order valence-electron chi connectivity index (χ3n) is 4.68. The summed E-state index contributed by atoms with van der Waals surface area (Å²) in [6.07, 6.45) is -0.248. The van der Waals surface area contributed by atoms with Gasteiger partial charge < -0.3 is 9.64 Å². The first-order valence-electron chi connectivity index (χ1n) is 9.10. The van der Waals surface area contributed by atoms with Gasteiger partial charge in [0.15, 0.2) is 0 Å². The minimum absolute atomic E-state index is 0.109. The summed E-state index contributed by atoms with van der Waals surface area (Å²) in [5.74, 6) is -0.547. The maximum absolute atomic E-state index is 12.9. The van der Waals surface area contributed by atoms with E-state index in [0.29, 0.717) is 36.9 Å². The first-order chi connectivity index (χ1) is 13.1. The van der Waals surface area contributed by atoms with E-state index in [4.69, 9.17) is 16.3 Å². The third-order valence-corrected chi connectivity index (χ3v) is 5.48. The van der Waals surface area contributed by atoms with Crippen LogP contribution in [0.4, 0.5) is 10.5 Å². The highest BCUT2D eigenvalue weighted by Crippen LogP contribution is 2.33. The van der Waals surface area contributed by atoms with Crippen LogP contribution in [0.3, 0.4) is 0 Å². The predicted molar refractivity (Wildman–Crippen MR) is 109 cm³/mol. The second-order valence-corrected chi connectivity index (χ2v) is 9.21. The Labute approximate surface area is 177 Å². The molecule has 1 atom stereocenters. The van der Waals surface area contributed by atoms with Gasteiger partial charge in [0.05, 0.1) is 23.2 Å². The van der Waals surface area contributed by atoms with Crippen LogP contribution in [0.1, 0.15) is 27.2 Å². The molecule has 2 aliphatic rings. The smallest absolute Gasteiger partial charge is 0.410 e. The Bertz CT molecular complexity index is 803. The third kappa shape index (κ3) is 4.50. The zero-order valence-electron chi connectivity index (χ0n) is 16.1. The molecule has 7 nitrogen and oxygen atoms in total. The van der Waals surface area contributed by atoms with E-state index in [1.54, 1.807) is 23.1 Å². The maximum Gasteiger partial charge on any atom is 0.410 e. The molecule has 0 N–H and O–H groups in total. The van der Waals surface area contributed by atoms with Gasteiger partial charge in [0.1, 0.15) is 5.60 Å². The van der Waals surface area contributed by atoms with Gasteiger partial charge in [-0.15, -0.1) is 0 Å². The lowest BCUT2D eigenvalue weighted by Gasteiger charge is -2.37. The van der Waals surface area contributed by atoms with Gasteiger partial charge >= 0.3 is 6.09 Å². The molecule has 1 aromatic carbocycles. The zero-order chi connectivity index (χ0) is 20.6. The van der Waals surface area contributed by atoms with Gasteiger partial charge in [-0.3, -0.25) is 14.5 Å². The fraction of sp³-hybridized carbons (Fsp3) is 0.526. The van der Waals surface area contributed by atoms with Gasteiger partial charge in [0.2, 0.25) is 5.91 Å². The van der Waals surface area contributed by atoms with Crippen LogP contribution in [0.15, 0.2) is 22.7 Å². The van der Waals surface area contributed by atoms with Gasteiger partial charge in [-0.1, -0.05) is 27.5 Å². The average Bonchev–Trinajstić information content (AvgIpc) is 2.88. The van der Waals surface area contributed by atoms with E-state index in [0.717, 1.165) is 4.47 Å². The molecule has 3 amide bonds. The Hall–Kier alpha value is -1.64. The second-order valence-electron chi connectivity index (χ2n) is 7.89. The zero-order valence-corrected chi connectivity index (χ0v) is 18.4. The van der Waals surface area contributed by atoms with Crippen molar-refractivity contribution in [3.63, 3.8) is 0 Å². The highest BCUT2D eigenvalue weighted by atomic mass is 79.9. The van der Waals surface area contributed by atoms with Gasteiger partial charge in [0, 0.05) is 30.7 Å². The maximum atomic E-state index is 12.9. The van der Waals surface area contributed by atoms with E-state index in [9.17, 15) is 14.4 Å². The van der Waals surface area contributed by atoms with Crippen molar-refractivity contribution in [2.45, 2.75) is 38.8 Å². The number of hydrogen-bond acceptors (Lipinski definition) is 5. The Balaban J connectivity index is 1.65. The van der Waals surface area contributed by atoms with E-state index < -0.39 is 11.6 Å². The molecule has 0 radical (unpaired) electrons. The summed E-state index contributed by atoms with van der Waals surface area (Å²) in [5.41, 5.74) is -0.151. The minimum atomic E-state index is -0.549. The first kappa shape index (κ1) is 21.1. The number of piperazine rings is 1. The molecule has 0 spiro atoms. The molecule has 0 unspecified atom stereocenters. The molecule has 1 aromatic rings. The largest absolute Gasteiger partial charge is 0.444 e. The molecule has 2 fully saturated rings. The standard InChI is InChI=1S/C19H23BrClN3O4/c1-19(2,3)28-18(27)23-8-6-22(7-9-23)15-11-16(25)24(17(15)26)14-5-4-12(20)10-13(14)21/h4-5,10,15H,6-9,11H2,1-3H3/t15-/m0/s1. The Morgan fingerprint density at radius 2 is 1.82 bits per heavy atom. The summed E-state index contributed by atoms with van der Waals surface area (Å²) < 4.78 is 6.17. The molecular weight excluding hydrogens is 450 g/mol. The van der Waals surface area contributed by atoms with Crippen molar-refractivity contribution < 1.29 is 19.1 Å². The van der Waals surface area contributed by atoms with E-state index >= 15 is 0 Å². The highest BCUT2D eigenvalue weighted by molar-refractivity contribution is 9.10. The van der Waals surface area contributed by atoms with Crippen molar-refractivity contribution >= 4 is 51.1 Å². The molecule has 0 aliphatic carbocycles. The quantitative estimate of drug-likeness (QED) is 0.618. The highest BCUT2D eigenvalue weighted by Gasteiger charge is 2.44. The van der Waals surface area contributed by atoms with E-state index in [-0.39, 0.29) is 24.3 Å². The Morgan fingerprint density at radius 1 is 1.18 bits per heavy atom. The van der Waals surface area contributed by atoms with Gasteiger partial charge in [0.25, 0.3) is 5.91 Å². The molecule has 9 heteroatoms. The van der Waals surface area contributed by atoms with Gasteiger partial charge in [-0.25, -0.2) is 9.69 Å². The van der Waals surface area contributed by atoms with Crippen LogP contribution in [0.2, 0.25) is 5.02 Å². The topological polar surface area (TPSA) is 70.2 Å². The average molecular weight is 473 g/mol. The Morgan fingerprint density at radius 3 is 2.39 bits per heavy atom. The van der Waals surface area contributed by atoms with Crippen LogP contribution < -0.4 is 4.90 Å². The summed E-state index contributed by atoms with van der Waals surface area (Å²) >= 11 is 9.55. The van der Waals surface area contributed by atoms with Crippen molar-refractivity contribution in [1.29, 1.82) is 0 Å². The second kappa shape index (κ2) is 8.00. The summed E-state index contributed by atoms with van der Waals surface area (Å²) in [6, 6.07) is 4.53. The number of anilines is 1. The van der Waals surface area contributed by atoms with Gasteiger partial charge in [-0.2, -0.15) is 0 Å². The van der Waals surface area contributed by atoms with E-state index in [1.807, 2.05) is 25.7 Å². The molecule has 2 saturated heterocycles. The molecular formula is C19H23BrClN3O4. The van der Waals surface area contributed by atoms with Crippen LogP contribution in [-0.4, -0.2) is 65.5 Å². The predicted octanol–water partition coefficient (Wildman–Crippen LogP) is 3.29. The molecule has 152 valence electrons. The fourth-order valence-corrected chi connectivity index (χ4v) is 4.12. The summed E-state index contributed by atoms with van der Waals surface area (Å²) in [5, 5.41) is 0.339. The number of nitrogens with zero attached hydrogens (tertiary/aromatic N) is 3. The number of rotatable bonds is 2. The number of halogens is 2. The number of ether oxygens (including phenoxy) is 1. The van der Waals surface area contributed by atoms with Crippen molar-refractivity contribution in [3.8, 4) is 0 Å². The normalized spacial score (nSPS) is 21.4. The lowest BCUT2D eigenvalue weighted by atomic mass is 10.1. The molecule has 2 aliphatic heterocycles. The van der Waals surface area contributed by atoms with E-state index in [2.05, 4.69) is 15.9 Å². The SMILES string of the molecule is CC(C)(C)OC(=O)N1CCN([C@H]2CC(=O)N(c3ccc(Br)cc3Cl)C2=O)CC1. The molecule has 28 heavy (non-hydrogen) atoms. The molecule has 0 aromatic heterocycles. The lowest BCUT2D eigenvalue weighted by molar-refractivity contribution is -0.123. The number of hydrogen-bond donors (Lipinski definition) is 0. The van der Waals surface area contributed by atoms with Crippen LogP contribution in [0.5, 0.6) is 0 Å². The molecule has 2 heterocycles. The molecule has 0 saturated carbocycles. The number of carbonyl (C=O) groups is 3. The number of amides is 3. The van der Waals surface area contributed by atoms with Crippen LogP contribution >= 0.6 is 27.5 Å². The van der Waals surface area contributed by atoms with Crippen LogP contribution in [-0.2, 0) is 14.3 Å². The van der Waals surface area contributed by atoms with Crippen molar-refractivity contribution in [2.24, 2.45) is 0 Å². The van der Waals surface area contributed by atoms with Crippen molar-refractivity contribution in [3.05, 3.63) is 27.7 Å². The van der Waals surface area contributed by atoms with Crippen LogP contribution in [0.25, 0.3) is 0 Å². The van der Waals surface area contributed by atoms with Crippen molar-refractivity contribution in [1.82, 2.24) is 9.80 Å².